The summed E-state index contributed by atoms with van der Waals surface area (Å²) in [5.74, 6) is 0.667. The van der Waals surface area contributed by atoms with Crippen molar-refractivity contribution in [3.63, 3.8) is 0 Å². The summed E-state index contributed by atoms with van der Waals surface area (Å²) in [5.41, 5.74) is 1.42. The van der Waals surface area contributed by atoms with E-state index in [-0.39, 0.29) is 11.4 Å². The first-order chi connectivity index (χ1) is 8.39. The lowest BCUT2D eigenvalue weighted by molar-refractivity contribution is 0.0911. The van der Waals surface area contributed by atoms with Crippen LogP contribution in [-0.4, -0.2) is 23.9 Å². The van der Waals surface area contributed by atoms with Gasteiger partial charge in [-0.05, 0) is 44.9 Å². The van der Waals surface area contributed by atoms with Crippen LogP contribution in [0.1, 0.15) is 36.2 Å². The van der Waals surface area contributed by atoms with Gasteiger partial charge in [0.15, 0.2) is 0 Å². The molecule has 1 aromatic rings. The van der Waals surface area contributed by atoms with Gasteiger partial charge in [-0.3, -0.25) is 4.79 Å². The van der Waals surface area contributed by atoms with Gasteiger partial charge in [0, 0.05) is 16.4 Å². The maximum Gasteiger partial charge on any atom is 0.251 e. The molecule has 0 spiro atoms. The molecule has 1 rings (SSSR count). The van der Waals surface area contributed by atoms with E-state index in [9.17, 15) is 4.79 Å². The van der Waals surface area contributed by atoms with Crippen molar-refractivity contribution in [3.8, 4) is 5.75 Å². The van der Waals surface area contributed by atoms with E-state index in [1.165, 1.54) is 0 Å². The topological polar surface area (TPSA) is 38.3 Å². The average Bonchev–Trinajstić information content (AvgIpc) is 2.28. The third-order valence-electron chi connectivity index (χ3n) is 2.84. The van der Waals surface area contributed by atoms with Crippen LogP contribution in [0.2, 0.25) is 0 Å². The van der Waals surface area contributed by atoms with Crippen LogP contribution in [0.4, 0.5) is 0 Å². The number of hydrogen-bond acceptors (Lipinski definition) is 2. The smallest absolute Gasteiger partial charge is 0.251 e. The maximum atomic E-state index is 12.1. The third-order valence-corrected chi connectivity index (χ3v) is 3.24. The number of benzene rings is 1. The average molecular weight is 314 g/mol. The van der Waals surface area contributed by atoms with Crippen LogP contribution in [0.3, 0.4) is 0 Å². The summed E-state index contributed by atoms with van der Waals surface area (Å²) in [7, 11) is 1.61. The van der Waals surface area contributed by atoms with Crippen molar-refractivity contribution >= 4 is 21.8 Å². The van der Waals surface area contributed by atoms with Crippen molar-refractivity contribution in [2.24, 2.45) is 0 Å². The molecule has 4 heteroatoms. The Kier molecular flexibility index (Phi) is 5.20. The van der Waals surface area contributed by atoms with E-state index in [1.807, 2.05) is 32.9 Å². The van der Waals surface area contributed by atoms with Gasteiger partial charge in [0.2, 0.25) is 0 Å². The lowest BCUT2D eigenvalue weighted by Crippen LogP contribution is -2.43. The van der Waals surface area contributed by atoms with E-state index in [1.54, 1.807) is 13.2 Å². The van der Waals surface area contributed by atoms with Crippen molar-refractivity contribution in [3.05, 3.63) is 29.3 Å². The Morgan fingerprint density at radius 1 is 1.44 bits per heavy atom. The van der Waals surface area contributed by atoms with Crippen molar-refractivity contribution in [1.29, 1.82) is 0 Å². The summed E-state index contributed by atoms with van der Waals surface area (Å²) >= 11 is 3.39. The molecule has 0 heterocycles. The van der Waals surface area contributed by atoms with Gasteiger partial charge in [0.05, 0.1) is 7.11 Å². The number of ether oxygens (including phenoxy) is 1. The van der Waals surface area contributed by atoms with Crippen molar-refractivity contribution in [2.75, 3.05) is 12.4 Å². The quantitative estimate of drug-likeness (QED) is 0.847. The molecule has 1 aromatic carbocycles. The number of amides is 1. The number of nitrogens with one attached hydrogen (secondary N) is 1. The van der Waals surface area contributed by atoms with Gasteiger partial charge in [-0.25, -0.2) is 0 Å². The highest BCUT2D eigenvalue weighted by Gasteiger charge is 2.20. The van der Waals surface area contributed by atoms with Crippen LogP contribution in [0.15, 0.2) is 18.2 Å². The molecule has 0 aliphatic rings. The second-order valence-corrected chi connectivity index (χ2v) is 5.75. The van der Waals surface area contributed by atoms with Gasteiger partial charge in [0.1, 0.15) is 5.75 Å². The second-order valence-electron chi connectivity index (χ2n) is 4.96. The van der Waals surface area contributed by atoms with Gasteiger partial charge < -0.3 is 10.1 Å². The van der Waals surface area contributed by atoms with Crippen LogP contribution in [0, 0.1) is 6.92 Å². The Balaban J connectivity index is 2.85. The first-order valence-electron chi connectivity index (χ1n) is 5.93. The van der Waals surface area contributed by atoms with Gasteiger partial charge >= 0.3 is 0 Å². The molecule has 0 aliphatic heterocycles. The number of carbonyl (C=O) groups excluding carboxylic acids is 1. The molecule has 0 saturated heterocycles. The predicted molar refractivity (Wildman–Crippen MR) is 77.7 cm³/mol. The van der Waals surface area contributed by atoms with E-state index in [0.29, 0.717) is 5.56 Å². The number of rotatable bonds is 5. The van der Waals surface area contributed by atoms with E-state index >= 15 is 0 Å². The zero-order valence-corrected chi connectivity index (χ0v) is 12.9. The minimum Gasteiger partial charge on any atom is -0.496 e. The summed E-state index contributed by atoms with van der Waals surface area (Å²) in [6, 6.07) is 5.48. The number of aryl methyl sites for hydroxylation is 1. The van der Waals surface area contributed by atoms with E-state index in [2.05, 4.69) is 21.2 Å². The molecule has 0 radical (unpaired) electrons. The first kappa shape index (κ1) is 15.0. The van der Waals surface area contributed by atoms with Crippen LogP contribution in [0.25, 0.3) is 0 Å². The summed E-state index contributed by atoms with van der Waals surface area (Å²) in [4.78, 5) is 12.1. The lowest BCUT2D eigenvalue weighted by atomic mass is 10.0. The molecule has 0 bridgehead atoms. The fraction of sp³-hybridized carbons (Fsp3) is 0.500. The number of alkyl halides is 1. The largest absolute Gasteiger partial charge is 0.496 e. The molecular formula is C14H20BrNO2. The highest BCUT2D eigenvalue weighted by molar-refractivity contribution is 9.09. The number of methoxy groups -OCH3 is 1. The molecule has 0 aromatic heterocycles. The van der Waals surface area contributed by atoms with E-state index < -0.39 is 0 Å². The zero-order chi connectivity index (χ0) is 13.8. The molecule has 0 atom stereocenters. The first-order valence-corrected chi connectivity index (χ1v) is 7.05. The van der Waals surface area contributed by atoms with Crippen molar-refractivity contribution in [2.45, 2.75) is 32.7 Å². The van der Waals surface area contributed by atoms with Crippen molar-refractivity contribution < 1.29 is 9.53 Å². The Morgan fingerprint density at radius 2 is 2.11 bits per heavy atom. The van der Waals surface area contributed by atoms with E-state index in [4.69, 9.17) is 4.74 Å². The Labute approximate surface area is 117 Å². The molecule has 100 valence electrons. The van der Waals surface area contributed by atoms with Gasteiger partial charge in [-0.2, -0.15) is 0 Å². The number of hydrogen-bond donors (Lipinski definition) is 1. The van der Waals surface area contributed by atoms with Crippen LogP contribution in [-0.2, 0) is 0 Å². The zero-order valence-electron chi connectivity index (χ0n) is 11.3. The molecule has 1 N–H and O–H groups in total. The standard InChI is InChI=1S/C14H20BrNO2/c1-10-5-6-11(9-12(10)18-4)13(17)16-14(2,3)7-8-15/h5-6,9H,7-8H2,1-4H3,(H,16,17). The molecule has 0 saturated carbocycles. The highest BCUT2D eigenvalue weighted by atomic mass is 79.9. The number of halogens is 1. The van der Waals surface area contributed by atoms with E-state index in [0.717, 1.165) is 23.1 Å². The third kappa shape index (κ3) is 4.02. The van der Waals surface area contributed by atoms with Gasteiger partial charge in [0.25, 0.3) is 5.91 Å². The fourth-order valence-corrected chi connectivity index (χ4v) is 2.63. The summed E-state index contributed by atoms with van der Waals surface area (Å²) < 4.78 is 5.23. The summed E-state index contributed by atoms with van der Waals surface area (Å²) in [6.07, 6.45) is 0.877. The molecule has 0 aliphatic carbocycles. The fourth-order valence-electron chi connectivity index (χ4n) is 1.64. The SMILES string of the molecule is COc1cc(C(=O)NC(C)(C)CCBr)ccc1C. The minimum absolute atomic E-state index is 0.0701. The molecule has 3 nitrogen and oxygen atoms in total. The molecule has 1 amide bonds. The second kappa shape index (κ2) is 6.23. The van der Waals surface area contributed by atoms with Crippen molar-refractivity contribution in [1.82, 2.24) is 5.32 Å². The Hall–Kier alpha value is -1.03. The molecule has 0 fully saturated rings. The minimum atomic E-state index is -0.224. The van der Waals surface area contributed by atoms with Crippen LogP contribution < -0.4 is 10.1 Å². The maximum absolute atomic E-state index is 12.1. The lowest BCUT2D eigenvalue weighted by Gasteiger charge is -2.25. The normalized spacial score (nSPS) is 11.2. The summed E-state index contributed by atoms with van der Waals surface area (Å²) in [5, 5.41) is 3.88. The molecule has 18 heavy (non-hydrogen) atoms. The summed E-state index contributed by atoms with van der Waals surface area (Å²) in [6.45, 7) is 5.98. The molecule has 0 unspecified atom stereocenters. The Morgan fingerprint density at radius 3 is 2.67 bits per heavy atom. The van der Waals surface area contributed by atoms with Crippen LogP contribution >= 0.6 is 15.9 Å². The monoisotopic (exact) mass is 313 g/mol. The predicted octanol–water partition coefficient (Wildman–Crippen LogP) is 3.30. The van der Waals surface area contributed by atoms with Crippen LogP contribution in [0.5, 0.6) is 5.75 Å². The van der Waals surface area contributed by atoms with Gasteiger partial charge in [-0.15, -0.1) is 0 Å². The molecular weight excluding hydrogens is 294 g/mol. The highest BCUT2D eigenvalue weighted by Crippen LogP contribution is 2.20. The van der Waals surface area contributed by atoms with Gasteiger partial charge in [-0.1, -0.05) is 22.0 Å². The number of carbonyl (C=O) groups is 1. The Bertz CT molecular complexity index is 430.